The van der Waals surface area contributed by atoms with Crippen LogP contribution in [0.4, 0.5) is 4.39 Å². The van der Waals surface area contributed by atoms with Crippen LogP contribution in [0.15, 0.2) is 18.2 Å². The van der Waals surface area contributed by atoms with Gasteiger partial charge in [0.1, 0.15) is 5.82 Å². The first kappa shape index (κ1) is 17.1. The molecule has 1 aromatic carbocycles. The molecule has 21 heavy (non-hydrogen) atoms. The SMILES string of the molecule is CCCNC(Cc1ccc(Cl)cc1F)CC1CCSCC1. The molecule has 1 aliphatic rings. The van der Waals surface area contributed by atoms with Crippen LogP contribution in [0.2, 0.25) is 5.02 Å². The summed E-state index contributed by atoms with van der Waals surface area (Å²) in [5, 5.41) is 4.07. The van der Waals surface area contributed by atoms with Gasteiger partial charge in [-0.3, -0.25) is 0 Å². The van der Waals surface area contributed by atoms with Gasteiger partial charge in [0, 0.05) is 11.1 Å². The van der Waals surface area contributed by atoms with Crippen molar-refractivity contribution in [3.8, 4) is 0 Å². The maximum atomic E-state index is 14.0. The van der Waals surface area contributed by atoms with Crippen LogP contribution in [0.5, 0.6) is 0 Å². The topological polar surface area (TPSA) is 12.0 Å². The fourth-order valence-corrected chi connectivity index (χ4v) is 4.29. The number of halogens is 2. The molecule has 1 unspecified atom stereocenters. The van der Waals surface area contributed by atoms with Crippen LogP contribution in [-0.2, 0) is 6.42 Å². The monoisotopic (exact) mass is 329 g/mol. The van der Waals surface area contributed by atoms with Crippen LogP contribution in [0.25, 0.3) is 0 Å². The zero-order chi connectivity index (χ0) is 15.1. The van der Waals surface area contributed by atoms with Crippen LogP contribution >= 0.6 is 23.4 Å². The van der Waals surface area contributed by atoms with Crippen molar-refractivity contribution >= 4 is 23.4 Å². The fraction of sp³-hybridized carbons (Fsp3) is 0.647. The molecule has 0 radical (unpaired) electrons. The quantitative estimate of drug-likeness (QED) is 0.761. The fourth-order valence-electron chi connectivity index (χ4n) is 2.92. The Balaban J connectivity index is 1.97. The summed E-state index contributed by atoms with van der Waals surface area (Å²) < 4.78 is 14.0. The Labute approximate surface area is 137 Å². The van der Waals surface area contributed by atoms with E-state index in [1.807, 2.05) is 6.07 Å². The first-order chi connectivity index (χ1) is 10.2. The highest BCUT2D eigenvalue weighted by Crippen LogP contribution is 2.27. The number of hydrogen-bond acceptors (Lipinski definition) is 2. The number of rotatable bonds is 7. The standard InChI is InChI=1S/C17H25ClFNS/c1-2-7-20-16(10-13-5-8-21-9-6-13)11-14-3-4-15(18)12-17(14)19/h3-4,12-13,16,20H,2,5-11H2,1H3. The summed E-state index contributed by atoms with van der Waals surface area (Å²) in [5.41, 5.74) is 0.776. The molecule has 1 heterocycles. The summed E-state index contributed by atoms with van der Waals surface area (Å²) in [4.78, 5) is 0. The first-order valence-corrected chi connectivity index (χ1v) is 9.47. The van der Waals surface area contributed by atoms with Crippen molar-refractivity contribution in [1.82, 2.24) is 5.32 Å². The van der Waals surface area contributed by atoms with Crippen LogP contribution in [0.3, 0.4) is 0 Å². The lowest BCUT2D eigenvalue weighted by Crippen LogP contribution is -2.34. The minimum atomic E-state index is -0.176. The van der Waals surface area contributed by atoms with E-state index in [1.165, 1.54) is 30.4 Å². The third-order valence-electron chi connectivity index (χ3n) is 4.12. The second-order valence-corrected chi connectivity index (χ2v) is 7.54. The lowest BCUT2D eigenvalue weighted by molar-refractivity contribution is 0.360. The van der Waals surface area contributed by atoms with E-state index in [4.69, 9.17) is 11.6 Å². The van der Waals surface area contributed by atoms with Crippen LogP contribution in [0, 0.1) is 11.7 Å². The molecule has 1 fully saturated rings. The number of nitrogens with one attached hydrogen (secondary N) is 1. The van der Waals surface area contributed by atoms with Gasteiger partial charge in [-0.05, 0) is 73.8 Å². The Bertz CT molecular complexity index is 435. The smallest absolute Gasteiger partial charge is 0.127 e. The molecule has 1 saturated heterocycles. The van der Waals surface area contributed by atoms with E-state index < -0.39 is 0 Å². The van der Waals surface area contributed by atoms with E-state index in [2.05, 4.69) is 24.0 Å². The lowest BCUT2D eigenvalue weighted by Gasteiger charge is -2.27. The minimum Gasteiger partial charge on any atom is -0.314 e. The molecule has 1 N–H and O–H groups in total. The van der Waals surface area contributed by atoms with Crippen LogP contribution < -0.4 is 5.32 Å². The molecule has 118 valence electrons. The van der Waals surface area contributed by atoms with Crippen molar-refractivity contribution in [2.45, 2.75) is 45.1 Å². The van der Waals surface area contributed by atoms with E-state index in [1.54, 1.807) is 6.07 Å². The van der Waals surface area contributed by atoms with E-state index in [0.29, 0.717) is 11.1 Å². The highest BCUT2D eigenvalue weighted by Gasteiger charge is 2.20. The van der Waals surface area contributed by atoms with Crippen molar-refractivity contribution in [1.29, 1.82) is 0 Å². The molecule has 0 aliphatic carbocycles. The van der Waals surface area contributed by atoms with Crippen molar-refractivity contribution in [3.63, 3.8) is 0 Å². The van der Waals surface area contributed by atoms with Crippen molar-refractivity contribution < 1.29 is 4.39 Å². The van der Waals surface area contributed by atoms with Gasteiger partial charge in [-0.2, -0.15) is 11.8 Å². The van der Waals surface area contributed by atoms with Crippen LogP contribution in [-0.4, -0.2) is 24.1 Å². The van der Waals surface area contributed by atoms with E-state index >= 15 is 0 Å². The number of benzene rings is 1. The molecule has 1 aromatic rings. The second-order valence-electron chi connectivity index (χ2n) is 5.88. The summed E-state index contributed by atoms with van der Waals surface area (Å²) in [6.45, 7) is 3.17. The van der Waals surface area contributed by atoms with Crippen LogP contribution in [0.1, 0.15) is 38.2 Å². The van der Waals surface area contributed by atoms with Gasteiger partial charge in [0.2, 0.25) is 0 Å². The molecule has 0 spiro atoms. The van der Waals surface area contributed by atoms with Crippen molar-refractivity contribution in [2.24, 2.45) is 5.92 Å². The van der Waals surface area contributed by atoms with Gasteiger partial charge in [0.05, 0.1) is 0 Å². The average Bonchev–Trinajstić information content (AvgIpc) is 2.48. The zero-order valence-electron chi connectivity index (χ0n) is 12.7. The number of thioether (sulfide) groups is 1. The molecule has 0 aromatic heterocycles. The molecular formula is C17H25ClFNS. The van der Waals surface area contributed by atoms with E-state index in [9.17, 15) is 4.39 Å². The predicted molar refractivity (Wildman–Crippen MR) is 91.9 cm³/mol. The Morgan fingerprint density at radius 1 is 1.38 bits per heavy atom. The molecule has 1 aliphatic heterocycles. The summed E-state index contributed by atoms with van der Waals surface area (Å²) in [7, 11) is 0. The van der Waals surface area contributed by atoms with Gasteiger partial charge in [-0.1, -0.05) is 24.6 Å². The minimum absolute atomic E-state index is 0.176. The number of hydrogen-bond donors (Lipinski definition) is 1. The Kier molecular flexibility index (Phi) is 7.35. The Morgan fingerprint density at radius 2 is 2.14 bits per heavy atom. The Hall–Kier alpha value is -0.250. The second kappa shape index (κ2) is 9.02. The van der Waals surface area contributed by atoms with Crippen molar-refractivity contribution in [3.05, 3.63) is 34.6 Å². The van der Waals surface area contributed by atoms with E-state index in [0.717, 1.165) is 37.3 Å². The summed E-state index contributed by atoms with van der Waals surface area (Å²) >= 11 is 7.89. The maximum Gasteiger partial charge on any atom is 0.127 e. The Morgan fingerprint density at radius 3 is 2.81 bits per heavy atom. The van der Waals surface area contributed by atoms with Gasteiger partial charge in [0.15, 0.2) is 0 Å². The largest absolute Gasteiger partial charge is 0.314 e. The van der Waals surface area contributed by atoms with Gasteiger partial charge < -0.3 is 5.32 Å². The highest BCUT2D eigenvalue weighted by atomic mass is 35.5. The normalized spacial score (nSPS) is 17.9. The highest BCUT2D eigenvalue weighted by molar-refractivity contribution is 7.99. The average molecular weight is 330 g/mol. The van der Waals surface area contributed by atoms with Gasteiger partial charge in [0.25, 0.3) is 0 Å². The summed E-state index contributed by atoms with van der Waals surface area (Å²) in [6.07, 6.45) is 5.63. The summed E-state index contributed by atoms with van der Waals surface area (Å²) in [5.74, 6) is 3.17. The molecule has 2 rings (SSSR count). The van der Waals surface area contributed by atoms with Gasteiger partial charge in [-0.15, -0.1) is 0 Å². The van der Waals surface area contributed by atoms with Crippen molar-refractivity contribution in [2.75, 3.05) is 18.1 Å². The van der Waals surface area contributed by atoms with E-state index in [-0.39, 0.29) is 5.82 Å². The molecular weight excluding hydrogens is 305 g/mol. The van der Waals surface area contributed by atoms with Gasteiger partial charge >= 0.3 is 0 Å². The third-order valence-corrected chi connectivity index (χ3v) is 5.41. The maximum absolute atomic E-state index is 14.0. The third kappa shape index (κ3) is 5.80. The molecule has 4 heteroatoms. The zero-order valence-corrected chi connectivity index (χ0v) is 14.3. The molecule has 0 amide bonds. The summed E-state index contributed by atoms with van der Waals surface area (Å²) in [6, 6.07) is 5.41. The van der Waals surface area contributed by atoms with Gasteiger partial charge in [-0.25, -0.2) is 4.39 Å². The molecule has 0 bridgehead atoms. The predicted octanol–water partition coefficient (Wildman–Crippen LogP) is 4.92. The first-order valence-electron chi connectivity index (χ1n) is 7.94. The molecule has 1 nitrogen and oxygen atoms in total. The molecule has 1 atom stereocenters. The lowest BCUT2D eigenvalue weighted by atomic mass is 9.91. The molecule has 0 saturated carbocycles.